The molecule has 140 valence electrons. The number of carbonyl (C=O) groups is 1. The lowest BCUT2D eigenvalue weighted by Gasteiger charge is -2.32. The first-order valence-electron chi connectivity index (χ1n) is 8.14. The highest BCUT2D eigenvalue weighted by Crippen LogP contribution is 2.45. The smallest absolute Gasteiger partial charge is 0.265 e. The number of nitrogens with zero attached hydrogens (tertiary/aromatic N) is 3. The molecular weight excluding hydrogens is 442 g/mol. The first-order valence-corrected chi connectivity index (χ1v) is 9.39. The number of benzene rings is 1. The number of carbonyl (C=O) groups excluding carboxylic acids is 1. The summed E-state index contributed by atoms with van der Waals surface area (Å²) in [5.74, 6) is 0.649. The summed E-state index contributed by atoms with van der Waals surface area (Å²) in [5.41, 5.74) is 2.67. The van der Waals surface area contributed by atoms with Gasteiger partial charge >= 0.3 is 0 Å². The second kappa shape index (κ2) is 8.21. The number of anilines is 1. The molecule has 26 heavy (non-hydrogen) atoms. The highest BCUT2D eigenvalue weighted by atomic mass is 79.9. The average molecular weight is 461 g/mol. The van der Waals surface area contributed by atoms with Gasteiger partial charge in [0, 0.05) is 42.8 Å². The summed E-state index contributed by atoms with van der Waals surface area (Å²) in [4.78, 5) is 20.7. The fourth-order valence-electron chi connectivity index (χ4n) is 3.21. The van der Waals surface area contributed by atoms with Crippen LogP contribution in [-0.2, 0) is 9.53 Å². The molecule has 0 unspecified atom stereocenters. The van der Waals surface area contributed by atoms with E-state index in [4.69, 9.17) is 21.1 Å². The number of hydrogen-bond acceptors (Lipinski definition) is 6. The van der Waals surface area contributed by atoms with Gasteiger partial charge in [-0.3, -0.25) is 9.79 Å². The van der Waals surface area contributed by atoms with Crippen LogP contribution in [0, 0.1) is 0 Å². The normalized spacial score (nSPS) is 18.0. The van der Waals surface area contributed by atoms with Crippen molar-refractivity contribution in [2.24, 2.45) is 4.99 Å². The number of ether oxygens (including phenoxy) is 2. The van der Waals surface area contributed by atoms with Crippen LogP contribution in [0.4, 0.5) is 5.69 Å². The third-order valence-corrected chi connectivity index (χ3v) is 5.46. The third-order valence-electron chi connectivity index (χ3n) is 4.34. The number of hydrogen-bond donors (Lipinski definition) is 0. The van der Waals surface area contributed by atoms with Gasteiger partial charge in [-0.1, -0.05) is 23.4 Å². The summed E-state index contributed by atoms with van der Waals surface area (Å²) in [7, 11) is 1.66. The lowest BCUT2D eigenvalue weighted by molar-refractivity contribution is -0.121. The maximum absolute atomic E-state index is 12.3. The minimum atomic E-state index is -0.0602. The molecule has 0 atom stereocenters. The zero-order valence-corrected chi connectivity index (χ0v) is 17.5. The van der Waals surface area contributed by atoms with Crippen molar-refractivity contribution in [2.75, 3.05) is 44.9 Å². The van der Waals surface area contributed by atoms with Crippen molar-refractivity contribution in [3.8, 4) is 5.75 Å². The monoisotopic (exact) mass is 459 g/mol. The molecule has 0 saturated carbocycles. The van der Waals surface area contributed by atoms with Crippen molar-refractivity contribution in [1.82, 2.24) is 4.90 Å². The van der Waals surface area contributed by atoms with E-state index in [1.54, 1.807) is 29.8 Å². The zero-order chi connectivity index (χ0) is 17.4. The Morgan fingerprint density at radius 3 is 3.08 bits per heavy atom. The Balaban J connectivity index is 0.00000196. The number of aliphatic imine (C=N–C) groups is 1. The molecule has 0 aliphatic carbocycles. The first-order chi connectivity index (χ1) is 12.2. The zero-order valence-electron chi connectivity index (χ0n) is 14.2. The fraction of sp³-hybridized carbons (Fsp3) is 0.412. The standard InChI is InChI=1S/C17H18ClN3O3S.BrH/c1-23-6-2-4-20-13-8-11(18)7-12(16(13)24-9-15(20)22)14-10-25-17-19-3-5-21(14)17;/h7-8,10H,2-6,9H2,1H3;1H. The van der Waals surface area contributed by atoms with Crippen LogP contribution in [0.25, 0.3) is 5.70 Å². The van der Waals surface area contributed by atoms with E-state index >= 15 is 0 Å². The molecule has 0 saturated heterocycles. The molecule has 0 fully saturated rings. The summed E-state index contributed by atoms with van der Waals surface area (Å²) < 4.78 is 10.9. The van der Waals surface area contributed by atoms with Crippen LogP contribution in [-0.4, -0.2) is 55.9 Å². The van der Waals surface area contributed by atoms with E-state index in [1.807, 2.05) is 6.07 Å². The van der Waals surface area contributed by atoms with Crippen LogP contribution in [0.5, 0.6) is 5.75 Å². The Hall–Kier alpha value is -1.22. The molecule has 0 bridgehead atoms. The molecule has 3 aliphatic heterocycles. The molecule has 0 aromatic heterocycles. The van der Waals surface area contributed by atoms with Gasteiger partial charge in [0.1, 0.15) is 0 Å². The van der Waals surface area contributed by atoms with Gasteiger partial charge in [-0.25, -0.2) is 0 Å². The van der Waals surface area contributed by atoms with Crippen LogP contribution in [0.15, 0.2) is 22.5 Å². The van der Waals surface area contributed by atoms with Crippen LogP contribution in [0.2, 0.25) is 5.02 Å². The molecule has 3 heterocycles. The fourth-order valence-corrected chi connectivity index (χ4v) is 4.38. The largest absolute Gasteiger partial charge is 0.481 e. The molecule has 9 heteroatoms. The van der Waals surface area contributed by atoms with Crippen molar-refractivity contribution in [2.45, 2.75) is 6.42 Å². The summed E-state index contributed by atoms with van der Waals surface area (Å²) in [5, 5.41) is 3.66. The van der Waals surface area contributed by atoms with Gasteiger partial charge in [0.2, 0.25) is 0 Å². The highest BCUT2D eigenvalue weighted by Gasteiger charge is 2.33. The summed E-state index contributed by atoms with van der Waals surface area (Å²) in [6, 6.07) is 3.70. The van der Waals surface area contributed by atoms with E-state index in [9.17, 15) is 4.79 Å². The van der Waals surface area contributed by atoms with Gasteiger partial charge in [-0.2, -0.15) is 0 Å². The van der Waals surface area contributed by atoms with Crippen LogP contribution >= 0.6 is 40.3 Å². The molecule has 1 amide bonds. The number of fused-ring (bicyclic) bond motifs is 2. The Morgan fingerprint density at radius 2 is 2.27 bits per heavy atom. The Kier molecular flexibility index (Phi) is 6.17. The number of thioether (sulfide) groups is 1. The predicted molar refractivity (Wildman–Crippen MR) is 111 cm³/mol. The number of methoxy groups -OCH3 is 1. The van der Waals surface area contributed by atoms with Gasteiger partial charge in [-0.05, 0) is 18.6 Å². The molecule has 1 aromatic rings. The second-order valence-electron chi connectivity index (χ2n) is 5.92. The van der Waals surface area contributed by atoms with Crippen LogP contribution in [0.3, 0.4) is 0 Å². The van der Waals surface area contributed by atoms with Gasteiger partial charge < -0.3 is 19.3 Å². The topological polar surface area (TPSA) is 54.4 Å². The third kappa shape index (κ3) is 3.47. The van der Waals surface area contributed by atoms with Crippen molar-refractivity contribution < 1.29 is 14.3 Å². The molecule has 3 aliphatic rings. The SMILES string of the molecule is Br.COCCCN1C(=O)COc2c(C3=CSC4=NCCN34)cc(Cl)cc21. The van der Waals surface area contributed by atoms with Crippen molar-refractivity contribution in [1.29, 1.82) is 0 Å². The van der Waals surface area contributed by atoms with Crippen molar-refractivity contribution in [3.63, 3.8) is 0 Å². The lowest BCUT2D eigenvalue weighted by Crippen LogP contribution is -2.40. The van der Waals surface area contributed by atoms with Gasteiger partial charge in [0.25, 0.3) is 5.91 Å². The minimum absolute atomic E-state index is 0. The minimum Gasteiger partial charge on any atom is -0.481 e. The average Bonchev–Trinajstić information content (AvgIpc) is 3.19. The molecule has 6 nitrogen and oxygen atoms in total. The second-order valence-corrected chi connectivity index (χ2v) is 7.19. The molecular formula is C17H19BrClN3O3S. The van der Waals surface area contributed by atoms with E-state index < -0.39 is 0 Å². The Labute approximate surface area is 171 Å². The molecule has 0 spiro atoms. The number of halogens is 2. The van der Waals surface area contributed by atoms with E-state index in [2.05, 4.69) is 15.3 Å². The van der Waals surface area contributed by atoms with E-state index in [1.165, 1.54) is 0 Å². The van der Waals surface area contributed by atoms with Crippen molar-refractivity contribution >= 4 is 62.8 Å². The summed E-state index contributed by atoms with van der Waals surface area (Å²) in [6.07, 6.45) is 0.755. The first kappa shape index (κ1) is 19.5. The van der Waals surface area contributed by atoms with Gasteiger partial charge in [0.15, 0.2) is 17.5 Å². The van der Waals surface area contributed by atoms with Crippen LogP contribution in [0.1, 0.15) is 12.0 Å². The summed E-state index contributed by atoms with van der Waals surface area (Å²) >= 11 is 7.99. The van der Waals surface area contributed by atoms with E-state index in [0.717, 1.165) is 41.6 Å². The molecule has 4 rings (SSSR count). The van der Waals surface area contributed by atoms with E-state index in [-0.39, 0.29) is 29.5 Å². The molecule has 0 radical (unpaired) electrons. The van der Waals surface area contributed by atoms with Crippen LogP contribution < -0.4 is 9.64 Å². The maximum Gasteiger partial charge on any atom is 0.265 e. The molecule has 1 aromatic carbocycles. The van der Waals surface area contributed by atoms with Gasteiger partial charge in [-0.15, -0.1) is 17.0 Å². The number of amides is 1. The quantitative estimate of drug-likeness (QED) is 0.631. The maximum atomic E-state index is 12.3. The van der Waals surface area contributed by atoms with E-state index in [0.29, 0.717) is 23.9 Å². The predicted octanol–water partition coefficient (Wildman–Crippen LogP) is 3.40. The highest BCUT2D eigenvalue weighted by molar-refractivity contribution is 8.93. The van der Waals surface area contributed by atoms with Gasteiger partial charge in [0.05, 0.1) is 17.9 Å². The Bertz CT molecular complexity index is 787. The number of amidine groups is 1. The summed E-state index contributed by atoms with van der Waals surface area (Å²) in [6.45, 7) is 2.86. The molecule has 0 N–H and O–H groups in total. The Morgan fingerprint density at radius 1 is 1.42 bits per heavy atom. The van der Waals surface area contributed by atoms with Crippen molar-refractivity contribution in [3.05, 3.63) is 28.1 Å². The number of rotatable bonds is 5. The lowest BCUT2D eigenvalue weighted by atomic mass is 10.1.